The zero-order valence-electron chi connectivity index (χ0n) is 18.3. The van der Waals surface area contributed by atoms with E-state index in [0.717, 1.165) is 34.1 Å². The molecular formula is C22H24N6O3S. The van der Waals surface area contributed by atoms with Gasteiger partial charge in [-0.05, 0) is 38.1 Å². The van der Waals surface area contributed by atoms with Crippen molar-refractivity contribution >= 4 is 23.4 Å². The van der Waals surface area contributed by atoms with Crippen molar-refractivity contribution in [1.82, 2.24) is 24.5 Å². The first-order chi connectivity index (χ1) is 15.5. The highest BCUT2D eigenvalue weighted by Crippen LogP contribution is 2.28. The van der Waals surface area contributed by atoms with Crippen LogP contribution in [0.5, 0.6) is 5.75 Å². The predicted molar refractivity (Wildman–Crippen MR) is 122 cm³/mol. The summed E-state index contributed by atoms with van der Waals surface area (Å²) in [5, 5.41) is 16.6. The average molecular weight is 453 g/mol. The summed E-state index contributed by atoms with van der Waals surface area (Å²) >= 11 is 1.32. The van der Waals surface area contributed by atoms with Gasteiger partial charge < -0.3 is 14.5 Å². The first-order valence-electron chi connectivity index (χ1n) is 9.99. The van der Waals surface area contributed by atoms with Gasteiger partial charge in [0, 0.05) is 12.6 Å². The molecule has 1 aromatic carbocycles. The van der Waals surface area contributed by atoms with E-state index in [4.69, 9.17) is 9.15 Å². The molecule has 166 valence electrons. The minimum atomic E-state index is -0.135. The molecule has 0 fully saturated rings. The van der Waals surface area contributed by atoms with Crippen molar-refractivity contribution < 1.29 is 13.9 Å². The van der Waals surface area contributed by atoms with E-state index in [0.29, 0.717) is 17.5 Å². The minimum Gasteiger partial charge on any atom is -0.497 e. The van der Waals surface area contributed by atoms with Gasteiger partial charge >= 0.3 is 0 Å². The summed E-state index contributed by atoms with van der Waals surface area (Å²) in [5.41, 5.74) is 3.29. The molecule has 4 aromatic rings. The molecule has 0 aliphatic heterocycles. The fraction of sp³-hybridized carbons (Fsp3) is 0.273. The monoisotopic (exact) mass is 452 g/mol. The second-order valence-electron chi connectivity index (χ2n) is 7.21. The molecule has 0 radical (unpaired) electrons. The van der Waals surface area contributed by atoms with Crippen LogP contribution in [0.25, 0.3) is 11.4 Å². The molecule has 3 aromatic heterocycles. The van der Waals surface area contributed by atoms with Crippen LogP contribution in [-0.4, -0.2) is 43.3 Å². The number of carbonyl (C=O) groups is 1. The number of nitrogens with one attached hydrogen (secondary N) is 1. The zero-order chi connectivity index (χ0) is 22.7. The molecule has 0 saturated heterocycles. The smallest absolute Gasteiger partial charge is 0.234 e. The molecule has 0 unspecified atom stereocenters. The van der Waals surface area contributed by atoms with Crippen LogP contribution in [0.2, 0.25) is 0 Å². The quantitative estimate of drug-likeness (QED) is 0.407. The summed E-state index contributed by atoms with van der Waals surface area (Å²) in [6, 6.07) is 11.4. The number of thioether (sulfide) groups is 1. The number of aryl methyl sites for hydroxylation is 2. The summed E-state index contributed by atoms with van der Waals surface area (Å²) in [6.07, 6.45) is 1.63. The number of nitrogens with zero attached hydrogens (tertiary/aromatic N) is 5. The van der Waals surface area contributed by atoms with Crippen LogP contribution in [0.3, 0.4) is 0 Å². The van der Waals surface area contributed by atoms with Gasteiger partial charge in [0.2, 0.25) is 5.91 Å². The number of methoxy groups -OCH3 is 1. The molecule has 4 rings (SSSR count). The normalized spacial score (nSPS) is 11.0. The van der Waals surface area contributed by atoms with Crippen LogP contribution in [-0.2, 0) is 18.4 Å². The van der Waals surface area contributed by atoms with Crippen molar-refractivity contribution in [1.29, 1.82) is 0 Å². The fourth-order valence-corrected chi connectivity index (χ4v) is 4.07. The molecule has 3 heterocycles. The van der Waals surface area contributed by atoms with Crippen molar-refractivity contribution in [3.05, 3.63) is 59.8 Å². The number of furan rings is 1. The van der Waals surface area contributed by atoms with Gasteiger partial charge in [-0.3, -0.25) is 14.0 Å². The Morgan fingerprint density at radius 1 is 1.22 bits per heavy atom. The van der Waals surface area contributed by atoms with Crippen molar-refractivity contribution in [2.24, 2.45) is 7.05 Å². The molecule has 0 spiro atoms. The first-order valence-corrected chi connectivity index (χ1v) is 11.0. The van der Waals surface area contributed by atoms with E-state index in [9.17, 15) is 4.79 Å². The van der Waals surface area contributed by atoms with E-state index in [1.807, 2.05) is 61.9 Å². The van der Waals surface area contributed by atoms with Crippen molar-refractivity contribution in [2.45, 2.75) is 25.5 Å². The Labute approximate surface area is 189 Å². The maximum Gasteiger partial charge on any atom is 0.234 e. The Kier molecular flexibility index (Phi) is 6.31. The summed E-state index contributed by atoms with van der Waals surface area (Å²) in [4.78, 5) is 12.6. The van der Waals surface area contributed by atoms with E-state index in [1.165, 1.54) is 11.8 Å². The van der Waals surface area contributed by atoms with E-state index in [1.54, 1.807) is 18.1 Å². The number of ether oxygens (including phenoxy) is 1. The molecule has 0 atom stereocenters. The van der Waals surface area contributed by atoms with Gasteiger partial charge in [-0.1, -0.05) is 23.9 Å². The third-order valence-electron chi connectivity index (χ3n) is 5.04. The lowest BCUT2D eigenvalue weighted by molar-refractivity contribution is -0.113. The average Bonchev–Trinajstić information content (AvgIpc) is 3.50. The van der Waals surface area contributed by atoms with Crippen molar-refractivity contribution in [3.8, 4) is 17.1 Å². The molecule has 0 aliphatic rings. The highest BCUT2D eigenvalue weighted by molar-refractivity contribution is 7.99. The Morgan fingerprint density at radius 2 is 2.06 bits per heavy atom. The number of carbonyl (C=O) groups excluding carboxylic acids is 1. The van der Waals surface area contributed by atoms with Crippen LogP contribution in [0.15, 0.2) is 52.2 Å². The standard InChI is InChI=1S/C22H24N6O3S/c1-14-20(15(2)27(3)26-14)23-19(29)13-32-22-25-24-21(16-7-5-8-17(11-16)30-4)28(22)12-18-9-6-10-31-18/h5-11H,12-13H2,1-4H3,(H,23,29). The largest absolute Gasteiger partial charge is 0.497 e. The van der Waals surface area contributed by atoms with E-state index in [-0.39, 0.29) is 11.7 Å². The SMILES string of the molecule is COc1cccc(-c2nnc(SCC(=O)Nc3c(C)nn(C)c3C)n2Cc2ccco2)c1. The number of amides is 1. The lowest BCUT2D eigenvalue weighted by Crippen LogP contribution is -2.16. The van der Waals surface area contributed by atoms with Crippen LogP contribution in [0.4, 0.5) is 5.69 Å². The number of anilines is 1. The molecule has 0 bridgehead atoms. The van der Waals surface area contributed by atoms with Gasteiger partial charge in [-0.15, -0.1) is 10.2 Å². The number of hydrogen-bond acceptors (Lipinski definition) is 7. The van der Waals surface area contributed by atoms with Gasteiger partial charge in [0.1, 0.15) is 11.5 Å². The van der Waals surface area contributed by atoms with Crippen LogP contribution in [0.1, 0.15) is 17.1 Å². The highest BCUT2D eigenvalue weighted by atomic mass is 32.2. The fourth-order valence-electron chi connectivity index (χ4n) is 3.33. The highest BCUT2D eigenvalue weighted by Gasteiger charge is 2.18. The Bertz CT molecular complexity index is 1230. The Balaban J connectivity index is 1.56. The maximum absolute atomic E-state index is 12.6. The molecule has 32 heavy (non-hydrogen) atoms. The van der Waals surface area contributed by atoms with Crippen LogP contribution in [0, 0.1) is 13.8 Å². The summed E-state index contributed by atoms with van der Waals surface area (Å²) in [7, 11) is 3.47. The summed E-state index contributed by atoms with van der Waals surface area (Å²) < 4.78 is 14.6. The van der Waals surface area contributed by atoms with Gasteiger partial charge in [0.05, 0.1) is 42.7 Å². The lowest BCUT2D eigenvalue weighted by Gasteiger charge is -2.10. The van der Waals surface area contributed by atoms with Gasteiger partial charge in [0.25, 0.3) is 0 Å². The van der Waals surface area contributed by atoms with Gasteiger partial charge in [0.15, 0.2) is 11.0 Å². The summed E-state index contributed by atoms with van der Waals surface area (Å²) in [6.45, 7) is 4.23. The Morgan fingerprint density at radius 3 is 2.75 bits per heavy atom. The topological polar surface area (TPSA) is 100 Å². The number of hydrogen-bond donors (Lipinski definition) is 1. The van der Waals surface area contributed by atoms with Gasteiger partial charge in [-0.2, -0.15) is 5.10 Å². The number of benzene rings is 1. The van der Waals surface area contributed by atoms with Gasteiger partial charge in [-0.25, -0.2) is 0 Å². The molecule has 0 aliphatic carbocycles. The number of aromatic nitrogens is 5. The van der Waals surface area contributed by atoms with Crippen LogP contribution < -0.4 is 10.1 Å². The van der Waals surface area contributed by atoms with E-state index >= 15 is 0 Å². The second-order valence-corrected chi connectivity index (χ2v) is 8.15. The molecule has 9 nitrogen and oxygen atoms in total. The lowest BCUT2D eigenvalue weighted by atomic mass is 10.2. The zero-order valence-corrected chi connectivity index (χ0v) is 19.1. The predicted octanol–water partition coefficient (Wildman–Crippen LogP) is 3.68. The number of rotatable bonds is 8. The Hall–Kier alpha value is -3.53. The van der Waals surface area contributed by atoms with E-state index in [2.05, 4.69) is 20.6 Å². The van der Waals surface area contributed by atoms with E-state index < -0.39 is 0 Å². The van der Waals surface area contributed by atoms with Crippen molar-refractivity contribution in [3.63, 3.8) is 0 Å². The molecule has 0 saturated carbocycles. The third-order valence-corrected chi connectivity index (χ3v) is 6.01. The molecule has 10 heteroatoms. The molecular weight excluding hydrogens is 428 g/mol. The molecule has 1 amide bonds. The van der Waals surface area contributed by atoms with Crippen molar-refractivity contribution in [2.75, 3.05) is 18.2 Å². The van der Waals surface area contributed by atoms with Crippen LogP contribution >= 0.6 is 11.8 Å². The second kappa shape index (κ2) is 9.31. The minimum absolute atomic E-state index is 0.135. The third kappa shape index (κ3) is 4.54. The maximum atomic E-state index is 12.6. The first kappa shape index (κ1) is 21.7. The summed E-state index contributed by atoms with van der Waals surface area (Å²) in [5.74, 6) is 2.21. The molecule has 1 N–H and O–H groups in total.